The van der Waals surface area contributed by atoms with Crippen molar-refractivity contribution < 1.29 is 4.74 Å². The molecule has 3 aromatic heterocycles. The molecule has 0 saturated carbocycles. The van der Waals surface area contributed by atoms with Gasteiger partial charge in [0.15, 0.2) is 5.65 Å². The van der Waals surface area contributed by atoms with E-state index in [1.165, 1.54) is 22.2 Å². The van der Waals surface area contributed by atoms with Crippen molar-refractivity contribution in [1.82, 2.24) is 19.3 Å². The molecule has 0 radical (unpaired) electrons. The quantitative estimate of drug-likeness (QED) is 0.103. The summed E-state index contributed by atoms with van der Waals surface area (Å²) in [5.74, 6) is 0.339. The van der Waals surface area contributed by atoms with Crippen LogP contribution in [0.4, 0.5) is 5.69 Å². The Hall–Kier alpha value is -2.53. The van der Waals surface area contributed by atoms with E-state index in [1.54, 1.807) is 6.20 Å². The lowest BCUT2D eigenvalue weighted by atomic mass is 10.1. The van der Waals surface area contributed by atoms with Crippen molar-refractivity contribution in [3.63, 3.8) is 0 Å². The fraction of sp³-hybridized carbons (Fsp3) is 0.391. The maximum Gasteiger partial charge on any atom is 0.291 e. The molecule has 0 aliphatic carbocycles. The van der Waals surface area contributed by atoms with Gasteiger partial charge in [-0.25, -0.2) is 9.67 Å². The van der Waals surface area contributed by atoms with Crippen LogP contribution in [0.1, 0.15) is 16.1 Å². The number of benzene rings is 1. The highest BCUT2D eigenvalue weighted by molar-refractivity contribution is 7.19. The number of ether oxygens (including phenoxy) is 1. The number of rotatable bonds is 10. The second-order valence-corrected chi connectivity index (χ2v) is 16.4. The summed E-state index contributed by atoms with van der Waals surface area (Å²) in [5, 5.41) is 17.3. The molecule has 3 heterocycles. The van der Waals surface area contributed by atoms with E-state index < -0.39 is 8.07 Å². The van der Waals surface area contributed by atoms with Gasteiger partial charge in [-0.05, 0) is 17.7 Å². The number of aromatic nitrogens is 4. The molecule has 11 heteroatoms. The smallest absolute Gasteiger partial charge is 0.291 e. The van der Waals surface area contributed by atoms with Crippen LogP contribution >= 0.6 is 22.9 Å². The average molecular weight is 517 g/mol. The molecule has 0 aliphatic rings. The largest absolute Gasteiger partial charge is 0.362 e. The predicted molar refractivity (Wildman–Crippen MR) is 144 cm³/mol. The first-order valence-electron chi connectivity index (χ1n) is 11.1. The zero-order valence-electron chi connectivity index (χ0n) is 19.8. The van der Waals surface area contributed by atoms with Crippen LogP contribution in [0, 0.1) is 5.41 Å². The van der Waals surface area contributed by atoms with Gasteiger partial charge in [-0.1, -0.05) is 31.8 Å². The van der Waals surface area contributed by atoms with Gasteiger partial charge in [-0.3, -0.25) is 4.79 Å². The average Bonchev–Trinajstić information content (AvgIpc) is 3.33. The lowest BCUT2D eigenvalue weighted by Crippen LogP contribution is -2.25. The third kappa shape index (κ3) is 4.95. The first-order valence-corrected chi connectivity index (χ1v) is 16.1. The van der Waals surface area contributed by atoms with Crippen molar-refractivity contribution in [2.24, 2.45) is 7.05 Å². The first-order chi connectivity index (χ1) is 16.2. The van der Waals surface area contributed by atoms with Gasteiger partial charge in [-0.2, -0.15) is 5.10 Å². The molecule has 8 nitrogen and oxygen atoms in total. The van der Waals surface area contributed by atoms with Crippen LogP contribution in [0.2, 0.25) is 25.7 Å². The fourth-order valence-electron chi connectivity index (χ4n) is 3.82. The lowest BCUT2D eigenvalue weighted by Gasteiger charge is -2.17. The van der Waals surface area contributed by atoms with E-state index in [0.717, 1.165) is 44.6 Å². The van der Waals surface area contributed by atoms with Crippen molar-refractivity contribution in [2.75, 3.05) is 18.7 Å². The van der Waals surface area contributed by atoms with Crippen molar-refractivity contribution >= 4 is 64.2 Å². The van der Waals surface area contributed by atoms with Crippen LogP contribution in [0.5, 0.6) is 0 Å². The van der Waals surface area contributed by atoms with Gasteiger partial charge in [0.25, 0.3) is 5.56 Å². The number of halogens is 1. The molecule has 0 atom stereocenters. The predicted octanol–water partition coefficient (Wildman–Crippen LogP) is 4.85. The van der Waals surface area contributed by atoms with Crippen LogP contribution in [-0.4, -0.2) is 47.0 Å². The number of nitrogens with one attached hydrogen (secondary N) is 2. The standard InChI is InChI=1S/C23H29ClN6O2SSi/c1-29-20-17(21-22(29)28-19(10-24)33-21)12-27-30(23(20)31)13-15-6-5-7-18(16(15)11-25)26-14-32-8-9-34(2,3)4/h5-7,11-12,25-26H,8-10,13-14H2,1-4H3. The number of anilines is 1. The highest BCUT2D eigenvalue weighted by atomic mass is 35.5. The summed E-state index contributed by atoms with van der Waals surface area (Å²) in [6.45, 7) is 8.30. The number of hydrogen-bond acceptors (Lipinski definition) is 7. The van der Waals surface area contributed by atoms with Crippen LogP contribution in [0.3, 0.4) is 0 Å². The van der Waals surface area contributed by atoms with Gasteiger partial charge in [0.05, 0.1) is 23.3 Å². The second-order valence-electron chi connectivity index (χ2n) is 9.39. The Kier molecular flexibility index (Phi) is 7.22. The summed E-state index contributed by atoms with van der Waals surface area (Å²) in [6, 6.07) is 6.83. The number of thiazole rings is 1. The van der Waals surface area contributed by atoms with E-state index in [1.807, 2.05) is 29.8 Å². The SMILES string of the molecule is Cn1c2nc(CCl)sc2c2cnn(Cc3cccc(NCOCC[Si](C)(C)C)c3C=N)c(=O)c21. The summed E-state index contributed by atoms with van der Waals surface area (Å²) in [5.41, 5.74) is 3.45. The van der Waals surface area contributed by atoms with Gasteiger partial charge in [-0.15, -0.1) is 22.9 Å². The van der Waals surface area contributed by atoms with E-state index in [0.29, 0.717) is 23.7 Å². The third-order valence-corrected chi connectivity index (χ3v) is 8.90. The molecule has 4 aromatic rings. The van der Waals surface area contributed by atoms with Crippen molar-refractivity contribution in [3.05, 3.63) is 50.9 Å². The highest BCUT2D eigenvalue weighted by Gasteiger charge is 2.18. The monoisotopic (exact) mass is 516 g/mol. The lowest BCUT2D eigenvalue weighted by molar-refractivity contribution is 0.166. The normalized spacial score (nSPS) is 12.0. The topological polar surface area (TPSA) is 97.8 Å². The first kappa shape index (κ1) is 24.6. The van der Waals surface area contributed by atoms with E-state index in [2.05, 4.69) is 35.0 Å². The van der Waals surface area contributed by atoms with Crippen LogP contribution in [0.15, 0.2) is 29.2 Å². The molecule has 0 saturated heterocycles. The molecule has 0 amide bonds. The van der Waals surface area contributed by atoms with Gasteiger partial charge in [0.1, 0.15) is 17.3 Å². The Morgan fingerprint density at radius 2 is 2.12 bits per heavy atom. The number of hydrogen-bond donors (Lipinski definition) is 2. The molecular formula is C23H29ClN6O2SSi. The molecule has 0 aliphatic heterocycles. The number of alkyl halides is 1. The van der Waals surface area contributed by atoms with Gasteiger partial charge >= 0.3 is 0 Å². The highest BCUT2D eigenvalue weighted by Crippen LogP contribution is 2.31. The maximum absolute atomic E-state index is 13.3. The molecule has 0 unspecified atom stereocenters. The summed E-state index contributed by atoms with van der Waals surface area (Å²) >= 11 is 7.43. The van der Waals surface area contributed by atoms with Crippen LogP contribution in [0.25, 0.3) is 21.3 Å². The number of aryl methyl sites for hydroxylation is 1. The molecule has 4 rings (SSSR count). The summed E-state index contributed by atoms with van der Waals surface area (Å²) in [6.07, 6.45) is 3.02. The number of fused-ring (bicyclic) bond motifs is 3. The Balaban J connectivity index is 1.58. The van der Waals surface area contributed by atoms with Gasteiger partial charge in [0, 0.05) is 44.6 Å². The van der Waals surface area contributed by atoms with Gasteiger partial charge < -0.3 is 20.0 Å². The minimum atomic E-state index is -1.14. The van der Waals surface area contributed by atoms with Crippen molar-refractivity contribution in [2.45, 2.75) is 38.1 Å². The minimum Gasteiger partial charge on any atom is -0.362 e. The third-order valence-electron chi connectivity index (χ3n) is 5.71. The molecule has 1 aromatic carbocycles. The van der Waals surface area contributed by atoms with Gasteiger partial charge in [0.2, 0.25) is 0 Å². The Labute approximate surface area is 208 Å². The summed E-state index contributed by atoms with van der Waals surface area (Å²) in [7, 11) is 0.701. The van der Waals surface area contributed by atoms with Crippen LogP contribution < -0.4 is 10.9 Å². The summed E-state index contributed by atoms with van der Waals surface area (Å²) in [4.78, 5) is 17.9. The van der Waals surface area contributed by atoms with Crippen molar-refractivity contribution in [3.8, 4) is 0 Å². The zero-order valence-corrected chi connectivity index (χ0v) is 22.4. The molecule has 0 spiro atoms. The Bertz CT molecular complexity index is 1400. The second kappa shape index (κ2) is 9.99. The summed E-state index contributed by atoms with van der Waals surface area (Å²) < 4.78 is 9.92. The molecule has 0 fully saturated rings. The van der Waals surface area contributed by atoms with E-state index in [-0.39, 0.29) is 12.1 Å². The van der Waals surface area contributed by atoms with Crippen LogP contribution in [-0.2, 0) is 24.2 Å². The van der Waals surface area contributed by atoms with E-state index in [9.17, 15) is 4.79 Å². The molecular weight excluding hydrogens is 488 g/mol. The maximum atomic E-state index is 13.3. The van der Waals surface area contributed by atoms with E-state index >= 15 is 0 Å². The molecule has 34 heavy (non-hydrogen) atoms. The molecule has 2 N–H and O–H groups in total. The van der Waals surface area contributed by atoms with Crippen molar-refractivity contribution in [1.29, 1.82) is 5.41 Å². The zero-order chi connectivity index (χ0) is 24.5. The molecule has 180 valence electrons. The Morgan fingerprint density at radius 3 is 2.82 bits per heavy atom. The minimum absolute atomic E-state index is 0.193. The molecule has 0 bridgehead atoms. The number of nitrogens with zero attached hydrogens (tertiary/aromatic N) is 4. The fourth-order valence-corrected chi connectivity index (χ4v) is 5.75. The Morgan fingerprint density at radius 1 is 1.32 bits per heavy atom. The van der Waals surface area contributed by atoms with E-state index in [4.69, 9.17) is 21.7 Å².